The fourth-order valence-electron chi connectivity index (χ4n) is 2.74. The van der Waals surface area contributed by atoms with Crippen molar-refractivity contribution in [3.05, 3.63) is 30.3 Å². The SMILES string of the molecule is CCOC(=O)N1CCC(NC(N)=NCCCNc2ccccc2)CC1.I. The maximum absolute atomic E-state index is 11.7. The molecule has 0 spiro atoms. The summed E-state index contributed by atoms with van der Waals surface area (Å²) in [6, 6.07) is 10.4. The lowest BCUT2D eigenvalue weighted by molar-refractivity contribution is 0.0963. The number of rotatable bonds is 7. The number of anilines is 1. The maximum atomic E-state index is 11.7. The van der Waals surface area contributed by atoms with E-state index in [9.17, 15) is 4.79 Å². The second kappa shape index (κ2) is 12.6. The minimum absolute atomic E-state index is 0. The van der Waals surface area contributed by atoms with Gasteiger partial charge in [-0.25, -0.2) is 4.79 Å². The van der Waals surface area contributed by atoms with Gasteiger partial charge in [-0.3, -0.25) is 4.99 Å². The smallest absolute Gasteiger partial charge is 0.409 e. The molecule has 1 aliphatic heterocycles. The summed E-state index contributed by atoms with van der Waals surface area (Å²) in [5.41, 5.74) is 7.07. The Balaban J connectivity index is 0.00000338. The number of piperidine rings is 1. The van der Waals surface area contributed by atoms with Crippen LogP contribution in [0.15, 0.2) is 35.3 Å². The number of carbonyl (C=O) groups is 1. The molecule has 1 aliphatic rings. The van der Waals surface area contributed by atoms with E-state index in [1.54, 1.807) is 4.90 Å². The largest absolute Gasteiger partial charge is 0.450 e. The first-order chi connectivity index (χ1) is 12.2. The summed E-state index contributed by atoms with van der Waals surface area (Å²) in [5, 5.41) is 6.59. The Labute approximate surface area is 172 Å². The molecule has 1 aromatic carbocycles. The monoisotopic (exact) mass is 475 g/mol. The molecule has 2 rings (SSSR count). The van der Waals surface area contributed by atoms with Crippen molar-refractivity contribution < 1.29 is 9.53 Å². The Morgan fingerprint density at radius 3 is 2.65 bits per heavy atom. The van der Waals surface area contributed by atoms with Crippen molar-refractivity contribution >= 4 is 41.7 Å². The van der Waals surface area contributed by atoms with Gasteiger partial charge in [0.2, 0.25) is 0 Å². The Morgan fingerprint density at radius 2 is 2.00 bits per heavy atom. The average Bonchev–Trinajstić information content (AvgIpc) is 2.63. The van der Waals surface area contributed by atoms with Crippen molar-refractivity contribution in [2.24, 2.45) is 10.7 Å². The molecule has 4 N–H and O–H groups in total. The molecule has 1 fully saturated rings. The van der Waals surface area contributed by atoms with Gasteiger partial charge in [-0.15, -0.1) is 24.0 Å². The van der Waals surface area contributed by atoms with Crippen LogP contribution < -0.4 is 16.4 Å². The van der Waals surface area contributed by atoms with Gasteiger partial charge in [0.25, 0.3) is 0 Å². The summed E-state index contributed by atoms with van der Waals surface area (Å²) in [7, 11) is 0. The molecule has 146 valence electrons. The van der Waals surface area contributed by atoms with Crippen LogP contribution in [-0.2, 0) is 4.74 Å². The predicted octanol–water partition coefficient (Wildman–Crippen LogP) is 2.63. The molecule has 8 heteroatoms. The summed E-state index contributed by atoms with van der Waals surface area (Å²) in [6.45, 7) is 5.14. The number of hydrogen-bond donors (Lipinski definition) is 3. The van der Waals surface area contributed by atoms with E-state index >= 15 is 0 Å². The molecular weight excluding hydrogens is 445 g/mol. The standard InChI is InChI=1S/C18H29N5O2.HI/c1-2-25-18(24)23-13-9-16(10-14-23)22-17(19)21-12-6-11-20-15-7-4-3-5-8-15;/h3-5,7-8,16,20H,2,6,9-14H2,1H3,(H3,19,21,22);1H. The molecule has 7 nitrogen and oxygen atoms in total. The number of carbonyl (C=O) groups excluding carboxylic acids is 1. The van der Waals surface area contributed by atoms with Gasteiger partial charge in [-0.1, -0.05) is 18.2 Å². The third-order valence-corrected chi connectivity index (χ3v) is 4.09. The van der Waals surface area contributed by atoms with Gasteiger partial charge in [0.1, 0.15) is 0 Å². The number of halogens is 1. The van der Waals surface area contributed by atoms with Crippen LogP contribution in [0.25, 0.3) is 0 Å². The zero-order valence-corrected chi connectivity index (χ0v) is 17.6. The van der Waals surface area contributed by atoms with E-state index < -0.39 is 0 Å². The van der Waals surface area contributed by atoms with E-state index in [-0.39, 0.29) is 36.1 Å². The summed E-state index contributed by atoms with van der Waals surface area (Å²) < 4.78 is 5.02. The van der Waals surface area contributed by atoms with Crippen LogP contribution in [0.5, 0.6) is 0 Å². The Hall–Kier alpha value is -1.71. The first kappa shape index (κ1) is 22.3. The van der Waals surface area contributed by atoms with Gasteiger partial charge in [0, 0.05) is 37.9 Å². The highest BCUT2D eigenvalue weighted by molar-refractivity contribution is 14.0. The molecule has 0 radical (unpaired) electrons. The number of nitrogens with two attached hydrogens (primary N) is 1. The van der Waals surface area contributed by atoms with Crippen LogP contribution in [0.2, 0.25) is 0 Å². The summed E-state index contributed by atoms with van der Waals surface area (Å²) >= 11 is 0. The molecule has 0 aromatic heterocycles. The van der Waals surface area contributed by atoms with Crippen molar-refractivity contribution in [2.75, 3.05) is 38.1 Å². The lowest BCUT2D eigenvalue weighted by Gasteiger charge is -2.31. The zero-order chi connectivity index (χ0) is 17.9. The number of aliphatic imine (C=N–C) groups is 1. The predicted molar refractivity (Wildman–Crippen MR) is 116 cm³/mol. The molecule has 26 heavy (non-hydrogen) atoms. The van der Waals surface area contributed by atoms with E-state index in [1.807, 2.05) is 37.3 Å². The lowest BCUT2D eigenvalue weighted by Crippen LogP contribution is -2.48. The minimum atomic E-state index is -0.228. The number of nitrogens with zero attached hydrogens (tertiary/aromatic N) is 2. The molecular formula is C18H30IN5O2. The number of para-hydroxylation sites is 1. The number of nitrogens with one attached hydrogen (secondary N) is 2. The molecule has 1 heterocycles. The highest BCUT2D eigenvalue weighted by atomic mass is 127. The fraction of sp³-hybridized carbons (Fsp3) is 0.556. The van der Waals surface area contributed by atoms with Gasteiger partial charge >= 0.3 is 6.09 Å². The topological polar surface area (TPSA) is 92.0 Å². The van der Waals surface area contributed by atoms with E-state index in [0.717, 1.165) is 31.5 Å². The molecule has 1 saturated heterocycles. The molecule has 1 amide bonds. The second-order valence-corrected chi connectivity index (χ2v) is 6.02. The summed E-state index contributed by atoms with van der Waals surface area (Å²) in [5.74, 6) is 0.481. The number of ether oxygens (including phenoxy) is 1. The van der Waals surface area contributed by atoms with Gasteiger partial charge in [-0.05, 0) is 38.3 Å². The van der Waals surface area contributed by atoms with Crippen LogP contribution in [0.1, 0.15) is 26.2 Å². The first-order valence-electron chi connectivity index (χ1n) is 8.96. The normalized spacial score (nSPS) is 15.1. The van der Waals surface area contributed by atoms with Crippen molar-refractivity contribution in [1.29, 1.82) is 0 Å². The van der Waals surface area contributed by atoms with Gasteiger partial charge < -0.3 is 26.0 Å². The van der Waals surface area contributed by atoms with Crippen molar-refractivity contribution in [1.82, 2.24) is 10.2 Å². The molecule has 0 unspecified atom stereocenters. The number of amides is 1. The van der Waals surface area contributed by atoms with Gasteiger partial charge in [0.15, 0.2) is 5.96 Å². The lowest BCUT2D eigenvalue weighted by atomic mass is 10.1. The van der Waals surface area contributed by atoms with Gasteiger partial charge in [-0.2, -0.15) is 0 Å². The number of benzene rings is 1. The van der Waals surface area contributed by atoms with E-state index in [2.05, 4.69) is 15.6 Å². The molecule has 0 bridgehead atoms. The van der Waals surface area contributed by atoms with Crippen LogP contribution in [0, 0.1) is 0 Å². The second-order valence-electron chi connectivity index (χ2n) is 6.02. The summed E-state index contributed by atoms with van der Waals surface area (Å²) in [4.78, 5) is 17.8. The van der Waals surface area contributed by atoms with Crippen LogP contribution >= 0.6 is 24.0 Å². The number of hydrogen-bond acceptors (Lipinski definition) is 4. The number of guanidine groups is 1. The maximum Gasteiger partial charge on any atom is 0.409 e. The van der Waals surface area contributed by atoms with Crippen LogP contribution in [0.4, 0.5) is 10.5 Å². The average molecular weight is 475 g/mol. The Bertz CT molecular complexity index is 548. The third kappa shape index (κ3) is 8.11. The Kier molecular flexibility index (Phi) is 10.8. The first-order valence-corrected chi connectivity index (χ1v) is 8.96. The molecule has 1 aromatic rings. The van der Waals surface area contributed by atoms with Crippen molar-refractivity contribution in [3.8, 4) is 0 Å². The quantitative estimate of drug-likeness (QED) is 0.244. The number of likely N-dealkylation sites (tertiary alicyclic amines) is 1. The molecule has 0 aliphatic carbocycles. The van der Waals surface area contributed by atoms with Crippen molar-refractivity contribution in [3.63, 3.8) is 0 Å². The highest BCUT2D eigenvalue weighted by Gasteiger charge is 2.23. The van der Waals surface area contributed by atoms with Crippen molar-refractivity contribution in [2.45, 2.75) is 32.2 Å². The molecule has 0 saturated carbocycles. The molecule has 0 atom stereocenters. The summed E-state index contributed by atoms with van der Waals surface area (Å²) in [6.07, 6.45) is 2.39. The Morgan fingerprint density at radius 1 is 1.31 bits per heavy atom. The van der Waals surface area contributed by atoms with E-state index in [1.165, 1.54) is 0 Å². The van der Waals surface area contributed by atoms with E-state index in [0.29, 0.717) is 32.2 Å². The third-order valence-electron chi connectivity index (χ3n) is 4.09. The van der Waals surface area contributed by atoms with Gasteiger partial charge in [0.05, 0.1) is 6.61 Å². The van der Waals surface area contributed by atoms with E-state index in [4.69, 9.17) is 10.5 Å². The van der Waals surface area contributed by atoms with Crippen LogP contribution in [0.3, 0.4) is 0 Å². The fourth-order valence-corrected chi connectivity index (χ4v) is 2.74. The zero-order valence-electron chi connectivity index (χ0n) is 15.3. The van der Waals surface area contributed by atoms with Crippen LogP contribution in [-0.4, -0.2) is 55.8 Å². The highest BCUT2D eigenvalue weighted by Crippen LogP contribution is 2.11. The minimum Gasteiger partial charge on any atom is -0.450 e.